The molecule has 1 aliphatic rings. The second-order valence-electron chi connectivity index (χ2n) is 4.62. The minimum absolute atomic E-state index is 0.796. The first-order chi connectivity index (χ1) is 8.33. The molecule has 4 heteroatoms. The molecule has 0 bridgehead atoms. The Morgan fingerprint density at radius 2 is 1.88 bits per heavy atom. The largest absolute Gasteiger partial charge is 0.399 e. The van der Waals surface area contributed by atoms with Gasteiger partial charge in [-0.1, -0.05) is 24.2 Å². The lowest BCUT2D eigenvalue weighted by Crippen LogP contribution is -2.23. The highest BCUT2D eigenvalue weighted by atomic mass is 32.1. The fourth-order valence-corrected chi connectivity index (χ4v) is 3.33. The van der Waals surface area contributed by atoms with Gasteiger partial charge < -0.3 is 10.6 Å². The van der Waals surface area contributed by atoms with Crippen molar-refractivity contribution < 1.29 is 0 Å². The predicted octanol–water partition coefficient (Wildman–Crippen LogP) is 3.26. The summed E-state index contributed by atoms with van der Waals surface area (Å²) in [4.78, 5) is 7.13. The highest BCUT2D eigenvalue weighted by Gasteiger charge is 2.14. The maximum atomic E-state index is 5.79. The van der Waals surface area contributed by atoms with Gasteiger partial charge in [-0.2, -0.15) is 0 Å². The van der Waals surface area contributed by atoms with Crippen molar-refractivity contribution in [3.05, 3.63) is 18.2 Å². The van der Waals surface area contributed by atoms with Crippen molar-refractivity contribution >= 4 is 32.4 Å². The highest BCUT2D eigenvalue weighted by molar-refractivity contribution is 7.22. The van der Waals surface area contributed by atoms with Crippen molar-refractivity contribution in [2.75, 3.05) is 23.7 Å². The van der Waals surface area contributed by atoms with Crippen molar-refractivity contribution in [2.45, 2.75) is 25.7 Å². The van der Waals surface area contributed by atoms with E-state index in [0.29, 0.717) is 0 Å². The normalized spacial score (nSPS) is 17.3. The Morgan fingerprint density at radius 1 is 1.12 bits per heavy atom. The van der Waals surface area contributed by atoms with Crippen LogP contribution in [0.25, 0.3) is 10.2 Å². The Hall–Kier alpha value is -1.29. The fraction of sp³-hybridized carbons (Fsp3) is 0.462. The molecule has 90 valence electrons. The van der Waals surface area contributed by atoms with Gasteiger partial charge in [0, 0.05) is 18.8 Å². The van der Waals surface area contributed by atoms with E-state index in [1.807, 2.05) is 12.1 Å². The molecule has 0 atom stereocenters. The molecule has 2 aromatic rings. The second kappa shape index (κ2) is 4.53. The summed E-state index contributed by atoms with van der Waals surface area (Å²) in [6.45, 7) is 2.30. The van der Waals surface area contributed by atoms with E-state index in [1.54, 1.807) is 11.3 Å². The van der Waals surface area contributed by atoms with Gasteiger partial charge in [0.25, 0.3) is 0 Å². The van der Waals surface area contributed by atoms with Crippen LogP contribution in [0.5, 0.6) is 0 Å². The maximum absolute atomic E-state index is 5.79. The molecule has 1 aromatic heterocycles. The van der Waals surface area contributed by atoms with Crippen molar-refractivity contribution in [3.8, 4) is 0 Å². The number of hydrogen-bond acceptors (Lipinski definition) is 4. The summed E-state index contributed by atoms with van der Waals surface area (Å²) in [7, 11) is 0. The first-order valence-electron chi connectivity index (χ1n) is 6.24. The van der Waals surface area contributed by atoms with E-state index in [-0.39, 0.29) is 0 Å². The van der Waals surface area contributed by atoms with Crippen molar-refractivity contribution in [2.24, 2.45) is 0 Å². The molecule has 1 aliphatic heterocycles. The van der Waals surface area contributed by atoms with Crippen LogP contribution in [0.4, 0.5) is 10.8 Å². The molecule has 3 rings (SSSR count). The molecule has 0 saturated carbocycles. The van der Waals surface area contributed by atoms with Crippen molar-refractivity contribution in [3.63, 3.8) is 0 Å². The Labute approximate surface area is 105 Å². The lowest BCUT2D eigenvalue weighted by Gasteiger charge is -2.18. The Balaban J connectivity index is 1.93. The molecule has 3 nitrogen and oxygen atoms in total. The standard InChI is InChI=1S/C13H17N3S/c14-10-5-6-12-11(9-10)15-13(17-12)16-7-3-1-2-4-8-16/h5-6,9H,1-4,7-8,14H2. The molecular weight excluding hydrogens is 230 g/mol. The number of thiazole rings is 1. The summed E-state index contributed by atoms with van der Waals surface area (Å²) in [6.07, 6.45) is 5.29. The van der Waals surface area contributed by atoms with Gasteiger partial charge in [-0.15, -0.1) is 0 Å². The zero-order valence-electron chi connectivity index (χ0n) is 9.85. The van der Waals surface area contributed by atoms with Gasteiger partial charge in [0.05, 0.1) is 10.2 Å². The number of nitrogens with zero attached hydrogens (tertiary/aromatic N) is 2. The van der Waals surface area contributed by atoms with Crippen LogP contribution in [0.1, 0.15) is 25.7 Å². The average molecular weight is 247 g/mol. The summed E-state index contributed by atoms with van der Waals surface area (Å²) in [6, 6.07) is 5.99. The van der Waals surface area contributed by atoms with Crippen LogP contribution in [-0.2, 0) is 0 Å². The van der Waals surface area contributed by atoms with Gasteiger partial charge in [0.2, 0.25) is 0 Å². The monoisotopic (exact) mass is 247 g/mol. The predicted molar refractivity (Wildman–Crippen MR) is 74.7 cm³/mol. The van der Waals surface area contributed by atoms with E-state index in [9.17, 15) is 0 Å². The van der Waals surface area contributed by atoms with Crippen molar-refractivity contribution in [1.29, 1.82) is 0 Å². The summed E-state index contributed by atoms with van der Waals surface area (Å²) in [5.41, 5.74) is 7.62. The van der Waals surface area contributed by atoms with Crippen molar-refractivity contribution in [1.82, 2.24) is 4.98 Å². The third-order valence-corrected chi connectivity index (χ3v) is 4.37. The number of aromatic nitrogens is 1. The summed E-state index contributed by atoms with van der Waals surface area (Å²) >= 11 is 1.78. The van der Waals surface area contributed by atoms with E-state index in [2.05, 4.69) is 11.0 Å². The maximum Gasteiger partial charge on any atom is 0.186 e. The van der Waals surface area contributed by atoms with E-state index in [1.165, 1.54) is 30.4 Å². The van der Waals surface area contributed by atoms with Gasteiger partial charge >= 0.3 is 0 Å². The molecule has 2 N–H and O–H groups in total. The molecule has 0 radical (unpaired) electrons. The van der Waals surface area contributed by atoms with E-state index in [0.717, 1.165) is 29.4 Å². The summed E-state index contributed by atoms with van der Waals surface area (Å²) in [5, 5.41) is 1.16. The van der Waals surface area contributed by atoms with E-state index >= 15 is 0 Å². The number of benzene rings is 1. The molecule has 1 aromatic carbocycles. The number of nitrogens with two attached hydrogens (primary N) is 1. The minimum atomic E-state index is 0.796. The second-order valence-corrected chi connectivity index (χ2v) is 5.63. The first kappa shape index (κ1) is 10.8. The summed E-state index contributed by atoms with van der Waals surface area (Å²) < 4.78 is 1.23. The third-order valence-electron chi connectivity index (χ3n) is 3.28. The average Bonchev–Trinajstić information content (AvgIpc) is 2.57. The molecule has 1 saturated heterocycles. The van der Waals surface area contributed by atoms with Gasteiger partial charge in [-0.05, 0) is 31.0 Å². The van der Waals surface area contributed by atoms with Crippen LogP contribution in [0.15, 0.2) is 18.2 Å². The molecular formula is C13H17N3S. The van der Waals surface area contributed by atoms with Crippen LogP contribution in [-0.4, -0.2) is 18.1 Å². The van der Waals surface area contributed by atoms with Crippen LogP contribution < -0.4 is 10.6 Å². The Bertz CT molecular complexity index is 512. The van der Waals surface area contributed by atoms with Crippen LogP contribution >= 0.6 is 11.3 Å². The lowest BCUT2D eigenvalue weighted by atomic mass is 10.2. The number of nitrogen functional groups attached to an aromatic ring is 1. The van der Waals surface area contributed by atoms with Crippen LogP contribution in [0.3, 0.4) is 0 Å². The third kappa shape index (κ3) is 2.22. The molecule has 0 amide bonds. The molecule has 0 unspecified atom stereocenters. The first-order valence-corrected chi connectivity index (χ1v) is 7.05. The van der Waals surface area contributed by atoms with Gasteiger partial charge in [-0.3, -0.25) is 0 Å². The molecule has 0 aliphatic carbocycles. The molecule has 0 spiro atoms. The molecule has 1 fully saturated rings. The number of rotatable bonds is 1. The van der Waals surface area contributed by atoms with Gasteiger partial charge in [-0.25, -0.2) is 4.98 Å². The fourth-order valence-electron chi connectivity index (χ4n) is 2.33. The zero-order chi connectivity index (χ0) is 11.7. The van der Waals surface area contributed by atoms with Gasteiger partial charge in [0.1, 0.15) is 0 Å². The quantitative estimate of drug-likeness (QED) is 0.786. The SMILES string of the molecule is Nc1ccc2sc(N3CCCCCC3)nc2c1. The number of fused-ring (bicyclic) bond motifs is 1. The molecule has 2 heterocycles. The summed E-state index contributed by atoms with van der Waals surface area (Å²) in [5.74, 6) is 0. The van der Waals surface area contributed by atoms with Crippen LogP contribution in [0.2, 0.25) is 0 Å². The minimum Gasteiger partial charge on any atom is -0.399 e. The zero-order valence-corrected chi connectivity index (χ0v) is 10.7. The number of anilines is 2. The number of hydrogen-bond donors (Lipinski definition) is 1. The van der Waals surface area contributed by atoms with Crippen LogP contribution in [0, 0.1) is 0 Å². The van der Waals surface area contributed by atoms with Gasteiger partial charge in [0.15, 0.2) is 5.13 Å². The van der Waals surface area contributed by atoms with E-state index in [4.69, 9.17) is 10.7 Å². The lowest BCUT2D eigenvalue weighted by molar-refractivity contribution is 0.726. The smallest absolute Gasteiger partial charge is 0.186 e. The Morgan fingerprint density at radius 3 is 2.65 bits per heavy atom. The molecule has 17 heavy (non-hydrogen) atoms. The highest BCUT2D eigenvalue weighted by Crippen LogP contribution is 2.31. The van der Waals surface area contributed by atoms with E-state index < -0.39 is 0 Å². The topological polar surface area (TPSA) is 42.1 Å². The Kier molecular flexibility index (Phi) is 2.89.